The summed E-state index contributed by atoms with van der Waals surface area (Å²) in [6.45, 7) is 3.50. The minimum atomic E-state index is 0.266. The zero-order valence-electron chi connectivity index (χ0n) is 11.4. The fraction of sp³-hybridized carbons (Fsp3) is 0.562. The fourth-order valence-electron chi connectivity index (χ4n) is 2.60. The van der Waals surface area contributed by atoms with Crippen molar-refractivity contribution >= 4 is 21.7 Å². The van der Waals surface area contributed by atoms with Gasteiger partial charge in [0.15, 0.2) is 5.78 Å². The molecule has 19 heavy (non-hydrogen) atoms. The largest absolute Gasteiger partial charge is 0.303 e. The average molecular weight is 324 g/mol. The van der Waals surface area contributed by atoms with E-state index in [1.54, 1.807) is 0 Å². The first-order chi connectivity index (χ1) is 9.25. The Hall–Kier alpha value is -0.670. The highest BCUT2D eigenvalue weighted by Gasteiger charge is 2.10. The third-order valence-electron chi connectivity index (χ3n) is 3.74. The van der Waals surface area contributed by atoms with Crippen LogP contribution in [0, 0.1) is 0 Å². The molecule has 104 valence electrons. The van der Waals surface area contributed by atoms with Crippen LogP contribution in [0.25, 0.3) is 0 Å². The van der Waals surface area contributed by atoms with E-state index in [4.69, 9.17) is 0 Å². The van der Waals surface area contributed by atoms with E-state index in [0.717, 1.165) is 23.0 Å². The van der Waals surface area contributed by atoms with Gasteiger partial charge in [-0.25, -0.2) is 0 Å². The van der Waals surface area contributed by atoms with Gasteiger partial charge in [0.2, 0.25) is 0 Å². The molecular weight excluding hydrogens is 302 g/mol. The van der Waals surface area contributed by atoms with E-state index in [0.29, 0.717) is 6.42 Å². The smallest absolute Gasteiger partial charge is 0.162 e. The SMILES string of the molecule is O=C(CCCN1CCCCCC1)c1ccc(Br)cc1. The van der Waals surface area contributed by atoms with Crippen LogP contribution in [-0.2, 0) is 0 Å². The molecule has 1 heterocycles. The first kappa shape index (κ1) is 14.7. The number of hydrogen-bond acceptors (Lipinski definition) is 2. The summed E-state index contributed by atoms with van der Waals surface area (Å²) in [6.07, 6.45) is 7.02. The number of carbonyl (C=O) groups is 1. The average Bonchev–Trinajstić information content (AvgIpc) is 2.68. The van der Waals surface area contributed by atoms with E-state index in [9.17, 15) is 4.79 Å². The normalized spacial score (nSPS) is 17.1. The number of ketones is 1. The van der Waals surface area contributed by atoms with Gasteiger partial charge in [0.1, 0.15) is 0 Å². The lowest BCUT2D eigenvalue weighted by Gasteiger charge is -2.19. The lowest BCUT2D eigenvalue weighted by atomic mass is 10.1. The molecule has 0 bridgehead atoms. The Balaban J connectivity index is 1.72. The van der Waals surface area contributed by atoms with E-state index in [2.05, 4.69) is 20.8 Å². The quantitative estimate of drug-likeness (QED) is 0.753. The zero-order chi connectivity index (χ0) is 13.5. The predicted molar refractivity (Wildman–Crippen MR) is 82.6 cm³/mol. The van der Waals surface area contributed by atoms with Gasteiger partial charge in [-0.1, -0.05) is 40.9 Å². The molecule has 0 radical (unpaired) electrons. The number of hydrogen-bond donors (Lipinski definition) is 0. The third kappa shape index (κ3) is 5.07. The molecular formula is C16H22BrNO. The maximum absolute atomic E-state index is 12.0. The number of rotatable bonds is 5. The van der Waals surface area contributed by atoms with Gasteiger partial charge in [-0.3, -0.25) is 4.79 Å². The minimum absolute atomic E-state index is 0.266. The Labute approximate surface area is 124 Å². The van der Waals surface area contributed by atoms with Gasteiger partial charge in [0, 0.05) is 16.5 Å². The molecule has 2 rings (SSSR count). The Kier molecular flexibility index (Phi) is 6.05. The topological polar surface area (TPSA) is 20.3 Å². The van der Waals surface area contributed by atoms with Gasteiger partial charge in [-0.05, 0) is 51.0 Å². The van der Waals surface area contributed by atoms with Gasteiger partial charge in [0.05, 0.1) is 0 Å². The van der Waals surface area contributed by atoms with Gasteiger partial charge >= 0.3 is 0 Å². The molecule has 1 aliphatic heterocycles. The fourth-order valence-corrected chi connectivity index (χ4v) is 2.87. The van der Waals surface area contributed by atoms with Crippen LogP contribution in [0.1, 0.15) is 48.9 Å². The van der Waals surface area contributed by atoms with Gasteiger partial charge < -0.3 is 4.90 Å². The van der Waals surface area contributed by atoms with Crippen LogP contribution in [-0.4, -0.2) is 30.3 Å². The molecule has 0 aliphatic carbocycles. The molecule has 1 aliphatic rings. The predicted octanol–water partition coefficient (Wildman–Crippen LogP) is 4.29. The second-order valence-corrected chi connectivity index (χ2v) is 6.21. The molecule has 0 N–H and O–H groups in total. The minimum Gasteiger partial charge on any atom is -0.303 e. The van der Waals surface area contributed by atoms with E-state index in [-0.39, 0.29) is 5.78 Å². The van der Waals surface area contributed by atoms with Crippen LogP contribution in [0.15, 0.2) is 28.7 Å². The summed E-state index contributed by atoms with van der Waals surface area (Å²) < 4.78 is 1.02. The van der Waals surface area contributed by atoms with Crippen LogP contribution < -0.4 is 0 Å². The van der Waals surface area contributed by atoms with Crippen molar-refractivity contribution in [1.29, 1.82) is 0 Å². The van der Waals surface area contributed by atoms with Crippen molar-refractivity contribution in [1.82, 2.24) is 4.90 Å². The monoisotopic (exact) mass is 323 g/mol. The summed E-state index contributed by atoms with van der Waals surface area (Å²) in [5, 5.41) is 0. The number of carbonyl (C=O) groups excluding carboxylic acids is 1. The Morgan fingerprint density at radius 3 is 2.32 bits per heavy atom. The van der Waals surface area contributed by atoms with E-state index < -0.39 is 0 Å². The van der Waals surface area contributed by atoms with Crippen molar-refractivity contribution < 1.29 is 4.79 Å². The highest BCUT2D eigenvalue weighted by molar-refractivity contribution is 9.10. The summed E-state index contributed by atoms with van der Waals surface area (Å²) in [5.74, 6) is 0.266. The Morgan fingerprint density at radius 2 is 1.68 bits per heavy atom. The molecule has 0 atom stereocenters. The number of nitrogens with zero attached hydrogens (tertiary/aromatic N) is 1. The van der Waals surface area contributed by atoms with E-state index in [1.807, 2.05) is 24.3 Å². The Bertz CT molecular complexity index is 394. The lowest BCUT2D eigenvalue weighted by molar-refractivity contribution is 0.0975. The number of benzene rings is 1. The molecule has 1 aromatic carbocycles. The van der Waals surface area contributed by atoms with Crippen LogP contribution in [0.2, 0.25) is 0 Å². The van der Waals surface area contributed by atoms with Gasteiger partial charge in [0.25, 0.3) is 0 Å². The van der Waals surface area contributed by atoms with Crippen LogP contribution in [0.4, 0.5) is 0 Å². The summed E-state index contributed by atoms with van der Waals surface area (Å²) in [4.78, 5) is 14.5. The van der Waals surface area contributed by atoms with Crippen molar-refractivity contribution in [2.45, 2.75) is 38.5 Å². The van der Waals surface area contributed by atoms with Crippen LogP contribution in [0.3, 0.4) is 0 Å². The second kappa shape index (κ2) is 7.81. The second-order valence-electron chi connectivity index (χ2n) is 5.29. The van der Waals surface area contributed by atoms with Crippen LogP contribution >= 0.6 is 15.9 Å². The van der Waals surface area contributed by atoms with Crippen molar-refractivity contribution in [3.63, 3.8) is 0 Å². The van der Waals surface area contributed by atoms with Gasteiger partial charge in [-0.15, -0.1) is 0 Å². The molecule has 0 unspecified atom stereocenters. The van der Waals surface area contributed by atoms with Gasteiger partial charge in [-0.2, -0.15) is 0 Å². The van der Waals surface area contributed by atoms with Crippen LogP contribution in [0.5, 0.6) is 0 Å². The summed E-state index contributed by atoms with van der Waals surface area (Å²) in [7, 11) is 0. The lowest BCUT2D eigenvalue weighted by Crippen LogP contribution is -2.26. The summed E-state index contributed by atoms with van der Waals surface area (Å²) in [5.41, 5.74) is 0.832. The van der Waals surface area contributed by atoms with Crippen molar-refractivity contribution in [3.05, 3.63) is 34.3 Å². The first-order valence-corrected chi connectivity index (χ1v) is 8.06. The van der Waals surface area contributed by atoms with E-state index in [1.165, 1.54) is 38.8 Å². The third-order valence-corrected chi connectivity index (χ3v) is 4.27. The molecule has 0 saturated carbocycles. The number of Topliss-reactive ketones (excluding diaryl/α,β-unsaturated/α-hetero) is 1. The standard InChI is InChI=1S/C16H22BrNO/c17-15-9-7-14(8-10-15)16(19)6-5-13-18-11-3-1-2-4-12-18/h7-10H,1-6,11-13H2. The zero-order valence-corrected chi connectivity index (χ0v) is 13.0. The van der Waals surface area contributed by atoms with Crippen molar-refractivity contribution in [2.75, 3.05) is 19.6 Å². The summed E-state index contributed by atoms with van der Waals surface area (Å²) in [6, 6.07) is 7.67. The first-order valence-electron chi connectivity index (χ1n) is 7.27. The molecule has 0 spiro atoms. The maximum Gasteiger partial charge on any atom is 0.162 e. The molecule has 2 nitrogen and oxygen atoms in total. The molecule has 3 heteroatoms. The molecule has 1 aromatic rings. The number of halogens is 1. The molecule has 1 saturated heterocycles. The highest BCUT2D eigenvalue weighted by Crippen LogP contribution is 2.14. The Morgan fingerprint density at radius 1 is 1.05 bits per heavy atom. The number of likely N-dealkylation sites (tertiary alicyclic amines) is 1. The summed E-state index contributed by atoms with van der Waals surface area (Å²) >= 11 is 3.39. The van der Waals surface area contributed by atoms with Crippen molar-refractivity contribution in [3.8, 4) is 0 Å². The highest BCUT2D eigenvalue weighted by atomic mass is 79.9. The van der Waals surface area contributed by atoms with Crippen molar-refractivity contribution in [2.24, 2.45) is 0 Å². The maximum atomic E-state index is 12.0. The molecule has 1 fully saturated rings. The van der Waals surface area contributed by atoms with E-state index >= 15 is 0 Å². The molecule has 0 amide bonds. The molecule has 0 aromatic heterocycles.